The summed E-state index contributed by atoms with van der Waals surface area (Å²) in [6.07, 6.45) is 0.768. The van der Waals surface area contributed by atoms with Gasteiger partial charge >= 0.3 is 0 Å². The van der Waals surface area contributed by atoms with Crippen LogP contribution >= 0.6 is 0 Å². The second-order valence-electron chi connectivity index (χ2n) is 4.62. The number of halogens is 1. The maximum absolute atomic E-state index is 12.9. The highest BCUT2D eigenvalue weighted by Crippen LogP contribution is 2.21. The van der Waals surface area contributed by atoms with Crippen LogP contribution in [0.2, 0.25) is 0 Å². The molecule has 18 heavy (non-hydrogen) atoms. The van der Waals surface area contributed by atoms with Crippen molar-refractivity contribution in [2.45, 2.75) is 19.3 Å². The third kappa shape index (κ3) is 3.17. The quantitative estimate of drug-likeness (QED) is 0.873. The molecule has 0 radical (unpaired) electrons. The summed E-state index contributed by atoms with van der Waals surface area (Å²) in [6, 6.07) is 14.6. The zero-order chi connectivity index (χ0) is 13.0. The highest BCUT2D eigenvalue weighted by Gasteiger charge is 2.11. The largest absolute Gasteiger partial charge is 0.396 e. The number of hydrogen-bond acceptors (Lipinski definition) is 1. The zero-order valence-corrected chi connectivity index (χ0v) is 10.4. The molecule has 94 valence electrons. The molecule has 0 aliphatic rings. The Morgan fingerprint density at radius 3 is 2.44 bits per heavy atom. The maximum atomic E-state index is 12.9. The fourth-order valence-corrected chi connectivity index (χ4v) is 2.15. The number of aryl methyl sites for hydroxylation is 1. The van der Waals surface area contributed by atoms with Crippen molar-refractivity contribution in [1.82, 2.24) is 0 Å². The Balaban J connectivity index is 2.17. The van der Waals surface area contributed by atoms with Crippen LogP contribution in [0.25, 0.3) is 0 Å². The van der Waals surface area contributed by atoms with Gasteiger partial charge in [-0.2, -0.15) is 0 Å². The molecule has 1 N–H and O–H groups in total. The van der Waals surface area contributed by atoms with Gasteiger partial charge in [-0.15, -0.1) is 0 Å². The summed E-state index contributed by atoms with van der Waals surface area (Å²) < 4.78 is 12.9. The predicted molar refractivity (Wildman–Crippen MR) is 71.1 cm³/mol. The summed E-state index contributed by atoms with van der Waals surface area (Å²) in [5.74, 6) is -0.224. The molecule has 0 heterocycles. The van der Waals surface area contributed by atoms with Crippen LogP contribution in [0, 0.1) is 12.7 Å². The Morgan fingerprint density at radius 1 is 1.11 bits per heavy atom. The predicted octanol–water partition coefficient (Wildman–Crippen LogP) is 3.45. The number of hydrogen-bond donors (Lipinski definition) is 1. The van der Waals surface area contributed by atoms with E-state index in [1.807, 2.05) is 6.07 Å². The Morgan fingerprint density at radius 2 is 1.83 bits per heavy atom. The van der Waals surface area contributed by atoms with Crippen molar-refractivity contribution in [3.63, 3.8) is 0 Å². The standard InChI is InChI=1S/C16H17FO/c1-12-3-2-4-13(9-12)10-15(11-18)14-5-7-16(17)8-6-14/h2-9,15,18H,10-11H2,1H3. The van der Waals surface area contributed by atoms with E-state index in [-0.39, 0.29) is 18.3 Å². The third-order valence-corrected chi connectivity index (χ3v) is 3.13. The molecule has 2 rings (SSSR count). The normalized spacial score (nSPS) is 12.4. The SMILES string of the molecule is Cc1cccc(CC(CO)c2ccc(F)cc2)c1. The molecule has 1 unspecified atom stereocenters. The van der Waals surface area contributed by atoms with Crippen molar-refractivity contribution in [1.29, 1.82) is 0 Å². The van der Waals surface area contributed by atoms with E-state index < -0.39 is 0 Å². The van der Waals surface area contributed by atoms with E-state index in [0.717, 1.165) is 12.0 Å². The van der Waals surface area contributed by atoms with E-state index in [4.69, 9.17) is 0 Å². The zero-order valence-electron chi connectivity index (χ0n) is 10.4. The smallest absolute Gasteiger partial charge is 0.123 e. The van der Waals surface area contributed by atoms with Crippen molar-refractivity contribution >= 4 is 0 Å². The minimum Gasteiger partial charge on any atom is -0.396 e. The van der Waals surface area contributed by atoms with E-state index in [2.05, 4.69) is 25.1 Å². The first-order valence-electron chi connectivity index (χ1n) is 6.11. The Kier molecular flexibility index (Phi) is 4.11. The molecule has 0 aliphatic carbocycles. The van der Waals surface area contributed by atoms with Crippen LogP contribution in [0.15, 0.2) is 48.5 Å². The maximum Gasteiger partial charge on any atom is 0.123 e. The van der Waals surface area contributed by atoms with E-state index in [1.165, 1.54) is 23.3 Å². The van der Waals surface area contributed by atoms with Crippen LogP contribution in [0.1, 0.15) is 22.6 Å². The lowest BCUT2D eigenvalue weighted by molar-refractivity contribution is 0.264. The summed E-state index contributed by atoms with van der Waals surface area (Å²) in [7, 11) is 0. The van der Waals surface area contributed by atoms with Gasteiger partial charge in [-0.3, -0.25) is 0 Å². The molecular weight excluding hydrogens is 227 g/mol. The fourth-order valence-electron chi connectivity index (χ4n) is 2.15. The second kappa shape index (κ2) is 5.78. The molecule has 2 aromatic carbocycles. The molecule has 0 saturated heterocycles. The number of rotatable bonds is 4. The molecule has 0 fully saturated rings. The minimum absolute atomic E-state index is 0.0207. The summed E-state index contributed by atoms with van der Waals surface area (Å²) in [6.45, 7) is 2.12. The van der Waals surface area contributed by atoms with Crippen molar-refractivity contribution in [2.75, 3.05) is 6.61 Å². The van der Waals surface area contributed by atoms with Gasteiger partial charge in [-0.05, 0) is 36.6 Å². The lowest BCUT2D eigenvalue weighted by Crippen LogP contribution is -2.08. The van der Waals surface area contributed by atoms with E-state index in [9.17, 15) is 9.50 Å². The first-order valence-corrected chi connectivity index (χ1v) is 6.11. The van der Waals surface area contributed by atoms with Crippen LogP contribution in [0.5, 0.6) is 0 Å². The van der Waals surface area contributed by atoms with Gasteiger partial charge in [0, 0.05) is 5.92 Å². The molecule has 0 aliphatic heterocycles. The molecule has 0 saturated carbocycles. The van der Waals surface area contributed by atoms with Crippen LogP contribution < -0.4 is 0 Å². The number of aliphatic hydroxyl groups is 1. The van der Waals surface area contributed by atoms with Gasteiger partial charge in [0.15, 0.2) is 0 Å². The monoisotopic (exact) mass is 244 g/mol. The summed E-state index contributed by atoms with van der Waals surface area (Å²) >= 11 is 0. The van der Waals surface area contributed by atoms with Gasteiger partial charge in [0.1, 0.15) is 5.82 Å². The molecule has 1 atom stereocenters. The van der Waals surface area contributed by atoms with Crippen molar-refractivity contribution in [3.05, 3.63) is 71.0 Å². The minimum atomic E-state index is -0.244. The molecule has 0 spiro atoms. The number of aliphatic hydroxyl groups excluding tert-OH is 1. The molecule has 2 aromatic rings. The lowest BCUT2D eigenvalue weighted by Gasteiger charge is -2.15. The first-order chi connectivity index (χ1) is 8.69. The van der Waals surface area contributed by atoms with Gasteiger partial charge in [-0.25, -0.2) is 4.39 Å². The molecular formula is C16H17FO. The molecule has 2 heteroatoms. The van der Waals surface area contributed by atoms with Crippen LogP contribution in [0.4, 0.5) is 4.39 Å². The summed E-state index contributed by atoms with van der Waals surface area (Å²) in [5.41, 5.74) is 3.38. The van der Waals surface area contributed by atoms with Crippen molar-refractivity contribution < 1.29 is 9.50 Å². The van der Waals surface area contributed by atoms with Gasteiger partial charge in [0.25, 0.3) is 0 Å². The van der Waals surface area contributed by atoms with E-state index in [1.54, 1.807) is 12.1 Å². The van der Waals surface area contributed by atoms with Gasteiger partial charge < -0.3 is 5.11 Å². The van der Waals surface area contributed by atoms with Crippen molar-refractivity contribution in [2.24, 2.45) is 0 Å². The fraction of sp³-hybridized carbons (Fsp3) is 0.250. The topological polar surface area (TPSA) is 20.2 Å². The number of benzene rings is 2. The van der Waals surface area contributed by atoms with Crippen LogP contribution in [-0.2, 0) is 6.42 Å². The summed E-state index contributed by atoms with van der Waals surface area (Å²) in [5, 5.41) is 9.49. The highest BCUT2D eigenvalue weighted by atomic mass is 19.1. The molecule has 1 nitrogen and oxygen atoms in total. The van der Waals surface area contributed by atoms with E-state index in [0.29, 0.717) is 0 Å². The second-order valence-corrected chi connectivity index (χ2v) is 4.62. The van der Waals surface area contributed by atoms with Crippen molar-refractivity contribution in [3.8, 4) is 0 Å². The Labute approximate surface area is 107 Å². The molecule has 0 aromatic heterocycles. The average Bonchev–Trinajstić information content (AvgIpc) is 2.37. The highest BCUT2D eigenvalue weighted by molar-refractivity contribution is 5.27. The Bertz CT molecular complexity index is 505. The summed E-state index contributed by atoms with van der Waals surface area (Å²) in [4.78, 5) is 0. The lowest BCUT2D eigenvalue weighted by atomic mass is 9.92. The first kappa shape index (κ1) is 12.8. The van der Waals surface area contributed by atoms with E-state index >= 15 is 0 Å². The van der Waals surface area contributed by atoms with Crippen LogP contribution in [0.3, 0.4) is 0 Å². The van der Waals surface area contributed by atoms with Crippen LogP contribution in [-0.4, -0.2) is 11.7 Å². The van der Waals surface area contributed by atoms with Gasteiger partial charge in [-0.1, -0.05) is 42.0 Å². The average molecular weight is 244 g/mol. The molecule has 0 bridgehead atoms. The third-order valence-electron chi connectivity index (χ3n) is 3.13. The Hall–Kier alpha value is -1.67. The van der Waals surface area contributed by atoms with Gasteiger partial charge in [0.05, 0.1) is 6.61 Å². The molecule has 0 amide bonds. The van der Waals surface area contributed by atoms with Gasteiger partial charge in [0.2, 0.25) is 0 Å².